The minimum Gasteiger partial charge on any atom is -0.439 e. The van der Waals surface area contributed by atoms with Crippen molar-refractivity contribution >= 4 is 17.0 Å². The van der Waals surface area contributed by atoms with E-state index in [4.69, 9.17) is 4.42 Å². The summed E-state index contributed by atoms with van der Waals surface area (Å²) >= 11 is 0. The molecule has 3 aromatic rings. The minimum atomic E-state index is -0.316. The molecule has 6 nitrogen and oxygen atoms in total. The van der Waals surface area contributed by atoms with Gasteiger partial charge in [-0.1, -0.05) is 6.42 Å². The third-order valence-corrected chi connectivity index (χ3v) is 5.31. The zero-order chi connectivity index (χ0) is 19.0. The molecule has 0 unspecified atom stereocenters. The van der Waals surface area contributed by atoms with E-state index in [9.17, 15) is 9.18 Å². The maximum absolute atomic E-state index is 13.4. The Morgan fingerprint density at radius 2 is 2.19 bits per heavy atom. The third kappa shape index (κ3) is 3.35. The predicted molar refractivity (Wildman–Crippen MR) is 99.8 cm³/mol. The Morgan fingerprint density at radius 3 is 3.00 bits per heavy atom. The average Bonchev–Trinajstić information content (AvgIpc) is 3.24. The highest BCUT2D eigenvalue weighted by molar-refractivity contribution is 5.92. The van der Waals surface area contributed by atoms with Crippen LogP contribution in [-0.2, 0) is 13.6 Å². The summed E-state index contributed by atoms with van der Waals surface area (Å²) in [6.45, 7) is 1.49. The summed E-state index contributed by atoms with van der Waals surface area (Å²) in [5.74, 6) is 0.180. The summed E-state index contributed by atoms with van der Waals surface area (Å²) < 4.78 is 21.2. The summed E-state index contributed by atoms with van der Waals surface area (Å²) in [6, 6.07) is 8.46. The lowest BCUT2D eigenvalue weighted by molar-refractivity contribution is 0.0951. The third-order valence-electron chi connectivity index (χ3n) is 5.31. The van der Waals surface area contributed by atoms with E-state index in [1.807, 2.05) is 23.7 Å². The Labute approximate surface area is 157 Å². The van der Waals surface area contributed by atoms with Gasteiger partial charge in [-0.3, -0.25) is 9.69 Å². The summed E-state index contributed by atoms with van der Waals surface area (Å²) in [7, 11) is 3.56. The van der Waals surface area contributed by atoms with Gasteiger partial charge in [-0.15, -0.1) is 0 Å². The van der Waals surface area contributed by atoms with Crippen LogP contribution in [0.1, 0.15) is 47.4 Å². The lowest BCUT2D eigenvalue weighted by Crippen LogP contribution is -2.34. The van der Waals surface area contributed by atoms with Crippen molar-refractivity contribution in [3.05, 3.63) is 53.4 Å². The average molecular weight is 370 g/mol. The van der Waals surface area contributed by atoms with E-state index in [1.165, 1.54) is 12.1 Å². The van der Waals surface area contributed by atoms with Gasteiger partial charge in [0, 0.05) is 25.9 Å². The van der Waals surface area contributed by atoms with Crippen LogP contribution in [0.15, 0.2) is 34.7 Å². The number of carbonyl (C=O) groups is 1. The number of amides is 1. The molecule has 0 saturated carbocycles. The molecule has 7 heteroatoms. The second-order valence-electron chi connectivity index (χ2n) is 6.98. The van der Waals surface area contributed by atoms with Crippen LogP contribution in [-0.4, -0.2) is 34.0 Å². The maximum Gasteiger partial charge on any atom is 0.267 e. The highest BCUT2D eigenvalue weighted by Gasteiger charge is 2.28. The zero-order valence-electron chi connectivity index (χ0n) is 15.5. The molecule has 1 fully saturated rings. The molecule has 1 aromatic carbocycles. The molecule has 0 radical (unpaired) electrons. The number of aromatic nitrogens is 2. The molecule has 1 amide bonds. The topological polar surface area (TPSA) is 63.3 Å². The number of likely N-dealkylation sites (tertiary alicyclic amines) is 1. The Hall–Kier alpha value is -2.67. The molecule has 1 aliphatic heterocycles. The van der Waals surface area contributed by atoms with Crippen LogP contribution in [0.5, 0.6) is 0 Å². The number of carbonyl (C=O) groups excluding carboxylic acids is 1. The molecule has 27 heavy (non-hydrogen) atoms. The van der Waals surface area contributed by atoms with Gasteiger partial charge in [-0.2, -0.15) is 0 Å². The smallest absolute Gasteiger partial charge is 0.267 e. The van der Waals surface area contributed by atoms with Crippen molar-refractivity contribution in [1.29, 1.82) is 0 Å². The van der Waals surface area contributed by atoms with E-state index in [0.717, 1.165) is 31.5 Å². The monoisotopic (exact) mass is 370 g/mol. The van der Waals surface area contributed by atoms with Crippen LogP contribution in [0.3, 0.4) is 0 Å². The molecule has 4 rings (SSSR count). The molecule has 0 spiro atoms. The van der Waals surface area contributed by atoms with Crippen molar-refractivity contribution in [1.82, 2.24) is 19.8 Å². The van der Waals surface area contributed by atoms with Gasteiger partial charge in [0.2, 0.25) is 5.89 Å². The van der Waals surface area contributed by atoms with Crippen LogP contribution < -0.4 is 5.32 Å². The van der Waals surface area contributed by atoms with E-state index in [-0.39, 0.29) is 17.8 Å². The fraction of sp³-hybridized carbons (Fsp3) is 0.400. The Kier molecular flexibility index (Phi) is 4.70. The van der Waals surface area contributed by atoms with Crippen molar-refractivity contribution < 1.29 is 13.6 Å². The Morgan fingerprint density at radius 1 is 1.33 bits per heavy atom. The van der Waals surface area contributed by atoms with Gasteiger partial charge >= 0.3 is 0 Å². The molecule has 1 aliphatic rings. The number of hydrogen-bond acceptors (Lipinski definition) is 4. The summed E-state index contributed by atoms with van der Waals surface area (Å²) in [6.07, 6.45) is 3.26. The summed E-state index contributed by atoms with van der Waals surface area (Å²) in [5, 5.41) is 2.68. The maximum atomic E-state index is 13.4. The van der Waals surface area contributed by atoms with Crippen LogP contribution in [0.2, 0.25) is 0 Å². The SMILES string of the molecule is CNC(=O)c1ccc([C@H]2CCCCN2Cc2nc3cc(F)ccc3o2)n1C. The van der Waals surface area contributed by atoms with Gasteiger partial charge in [0.05, 0.1) is 12.6 Å². The molecule has 0 bridgehead atoms. The number of halogens is 1. The lowest BCUT2D eigenvalue weighted by Gasteiger charge is -2.35. The van der Waals surface area contributed by atoms with Crippen LogP contribution >= 0.6 is 0 Å². The van der Waals surface area contributed by atoms with Gasteiger partial charge in [-0.25, -0.2) is 9.37 Å². The quantitative estimate of drug-likeness (QED) is 0.765. The summed E-state index contributed by atoms with van der Waals surface area (Å²) in [4.78, 5) is 18.8. The first-order chi connectivity index (χ1) is 13.1. The Bertz CT molecular complexity index is 978. The highest BCUT2D eigenvalue weighted by atomic mass is 19.1. The number of hydrogen-bond donors (Lipinski definition) is 1. The molecule has 1 N–H and O–H groups in total. The van der Waals surface area contributed by atoms with Crippen molar-refractivity contribution in [3.63, 3.8) is 0 Å². The van der Waals surface area contributed by atoms with Crippen molar-refractivity contribution in [2.45, 2.75) is 31.8 Å². The van der Waals surface area contributed by atoms with Gasteiger partial charge in [0.15, 0.2) is 5.58 Å². The first kappa shape index (κ1) is 17.7. The molecular weight excluding hydrogens is 347 g/mol. The van der Waals surface area contributed by atoms with E-state index >= 15 is 0 Å². The van der Waals surface area contributed by atoms with Crippen LogP contribution in [0.4, 0.5) is 4.39 Å². The van der Waals surface area contributed by atoms with Crippen molar-refractivity contribution in [2.75, 3.05) is 13.6 Å². The molecule has 142 valence electrons. The second kappa shape index (κ2) is 7.15. The van der Waals surface area contributed by atoms with Gasteiger partial charge in [0.1, 0.15) is 17.0 Å². The number of benzene rings is 1. The number of nitrogens with one attached hydrogen (secondary N) is 1. The van der Waals surface area contributed by atoms with Gasteiger partial charge in [0.25, 0.3) is 5.91 Å². The van der Waals surface area contributed by atoms with Crippen molar-refractivity contribution in [3.8, 4) is 0 Å². The standard InChI is InChI=1S/C20H23FN4O2/c1-22-20(26)17-8-7-15(24(17)2)16-5-3-4-10-25(16)12-19-23-14-11-13(21)6-9-18(14)27-19/h6-9,11,16H,3-5,10,12H2,1-2H3,(H,22,26)/t16-/m1/s1. The number of fused-ring (bicyclic) bond motifs is 1. The molecule has 3 heterocycles. The normalized spacial score (nSPS) is 18.1. The number of piperidine rings is 1. The molecule has 1 saturated heterocycles. The molecule has 0 aliphatic carbocycles. The van der Waals surface area contributed by atoms with Crippen molar-refractivity contribution in [2.24, 2.45) is 7.05 Å². The van der Waals surface area contributed by atoms with E-state index in [2.05, 4.69) is 15.2 Å². The Balaban J connectivity index is 1.60. The fourth-order valence-corrected chi connectivity index (χ4v) is 3.92. The molecule has 2 aromatic heterocycles. The summed E-state index contributed by atoms with van der Waals surface area (Å²) in [5.41, 5.74) is 2.89. The zero-order valence-corrected chi connectivity index (χ0v) is 15.5. The highest BCUT2D eigenvalue weighted by Crippen LogP contribution is 2.33. The largest absolute Gasteiger partial charge is 0.439 e. The number of rotatable bonds is 4. The lowest BCUT2D eigenvalue weighted by atomic mass is 9.99. The molecular formula is C20H23FN4O2. The minimum absolute atomic E-state index is 0.0907. The first-order valence-corrected chi connectivity index (χ1v) is 9.23. The van der Waals surface area contributed by atoms with Gasteiger partial charge < -0.3 is 14.3 Å². The second-order valence-corrected chi connectivity index (χ2v) is 6.98. The fourth-order valence-electron chi connectivity index (χ4n) is 3.92. The number of oxazole rings is 1. The van der Waals surface area contributed by atoms with Gasteiger partial charge in [-0.05, 0) is 43.7 Å². The number of nitrogens with zero attached hydrogens (tertiary/aromatic N) is 3. The molecule has 1 atom stereocenters. The van der Waals surface area contributed by atoms with E-state index in [0.29, 0.717) is 29.2 Å². The van der Waals surface area contributed by atoms with E-state index in [1.54, 1.807) is 13.1 Å². The van der Waals surface area contributed by atoms with E-state index < -0.39 is 0 Å². The van der Waals surface area contributed by atoms with Crippen LogP contribution in [0, 0.1) is 5.82 Å². The van der Waals surface area contributed by atoms with Crippen LogP contribution in [0.25, 0.3) is 11.1 Å². The predicted octanol–water partition coefficient (Wildman–Crippen LogP) is 3.39. The first-order valence-electron chi connectivity index (χ1n) is 9.23.